The van der Waals surface area contributed by atoms with Gasteiger partial charge in [-0.2, -0.15) is 0 Å². The van der Waals surface area contributed by atoms with Gasteiger partial charge in [0.2, 0.25) is 0 Å². The number of ether oxygens (including phenoxy) is 1. The number of hydrogen-bond acceptors (Lipinski definition) is 4. The Morgan fingerprint density at radius 2 is 2.05 bits per heavy atom. The molecule has 1 fully saturated rings. The fourth-order valence-corrected chi connectivity index (χ4v) is 2.53. The van der Waals surface area contributed by atoms with E-state index in [9.17, 15) is 10.1 Å². The first-order chi connectivity index (χ1) is 9.11. The molecule has 104 valence electrons. The van der Waals surface area contributed by atoms with Crippen LogP contribution in [0.5, 0.6) is 5.75 Å². The summed E-state index contributed by atoms with van der Waals surface area (Å²) in [6.45, 7) is 2.04. The van der Waals surface area contributed by atoms with Crippen molar-refractivity contribution in [2.24, 2.45) is 5.92 Å². The molecule has 0 atom stereocenters. The highest BCUT2D eigenvalue weighted by Crippen LogP contribution is 2.34. The number of nitro groups is 1. The first-order valence-corrected chi connectivity index (χ1v) is 6.63. The third-order valence-corrected chi connectivity index (χ3v) is 3.72. The van der Waals surface area contributed by atoms with E-state index in [-0.39, 0.29) is 18.4 Å². The number of benzene rings is 1. The molecule has 5 heteroatoms. The number of aryl methyl sites for hydroxylation is 1. The normalized spacial score (nSPS) is 23.1. The third kappa shape index (κ3) is 3.23. The standard InChI is InChI=1S/C14H19NO4/c1-10-3-2-4-13(15(17)18)14(10)19-12-7-5-11(9-16)6-8-12/h2-4,11-12,16H,5-9H2,1H3. The second kappa shape index (κ2) is 6.02. The summed E-state index contributed by atoms with van der Waals surface area (Å²) in [7, 11) is 0. The van der Waals surface area contributed by atoms with E-state index in [1.165, 1.54) is 6.07 Å². The quantitative estimate of drug-likeness (QED) is 0.671. The smallest absolute Gasteiger partial charge is 0.311 e. The molecule has 1 saturated carbocycles. The van der Waals surface area contributed by atoms with Crippen LogP contribution in [0.3, 0.4) is 0 Å². The number of hydrogen-bond donors (Lipinski definition) is 1. The lowest BCUT2D eigenvalue weighted by Gasteiger charge is -2.28. The van der Waals surface area contributed by atoms with Gasteiger partial charge in [0.05, 0.1) is 11.0 Å². The van der Waals surface area contributed by atoms with Crippen molar-refractivity contribution in [1.82, 2.24) is 0 Å². The molecule has 1 aromatic rings. The van der Waals surface area contributed by atoms with Gasteiger partial charge in [-0.3, -0.25) is 10.1 Å². The first-order valence-electron chi connectivity index (χ1n) is 6.63. The minimum atomic E-state index is -0.401. The van der Waals surface area contributed by atoms with Gasteiger partial charge >= 0.3 is 5.69 Å². The number of nitrogens with zero attached hydrogens (tertiary/aromatic N) is 1. The van der Waals surface area contributed by atoms with Gasteiger partial charge in [-0.05, 0) is 44.1 Å². The Labute approximate surface area is 112 Å². The van der Waals surface area contributed by atoms with Gasteiger partial charge < -0.3 is 9.84 Å². The minimum absolute atomic E-state index is 0.0163. The summed E-state index contributed by atoms with van der Waals surface area (Å²) in [4.78, 5) is 10.6. The van der Waals surface area contributed by atoms with E-state index in [1.807, 2.05) is 13.0 Å². The zero-order chi connectivity index (χ0) is 13.8. The molecule has 2 rings (SSSR count). The lowest BCUT2D eigenvalue weighted by Crippen LogP contribution is -2.26. The fraction of sp³-hybridized carbons (Fsp3) is 0.571. The molecule has 0 bridgehead atoms. The monoisotopic (exact) mass is 265 g/mol. The van der Waals surface area contributed by atoms with Crippen molar-refractivity contribution >= 4 is 5.69 Å². The summed E-state index contributed by atoms with van der Waals surface area (Å²) in [5.41, 5.74) is 0.822. The van der Waals surface area contributed by atoms with Crippen LogP contribution in [0.4, 0.5) is 5.69 Å². The second-order valence-electron chi connectivity index (χ2n) is 5.12. The van der Waals surface area contributed by atoms with Crippen molar-refractivity contribution in [3.05, 3.63) is 33.9 Å². The molecule has 0 unspecified atom stereocenters. The van der Waals surface area contributed by atoms with Crippen LogP contribution in [0.2, 0.25) is 0 Å². The maximum atomic E-state index is 11.0. The van der Waals surface area contributed by atoms with Crippen LogP contribution < -0.4 is 4.74 Å². The van der Waals surface area contributed by atoms with E-state index in [1.54, 1.807) is 6.07 Å². The molecule has 0 amide bonds. The number of rotatable bonds is 4. The molecule has 1 N–H and O–H groups in total. The Morgan fingerprint density at radius 3 is 2.63 bits per heavy atom. The van der Waals surface area contributed by atoms with Crippen molar-refractivity contribution in [2.45, 2.75) is 38.7 Å². The average Bonchev–Trinajstić information content (AvgIpc) is 2.41. The third-order valence-electron chi connectivity index (χ3n) is 3.72. The minimum Gasteiger partial charge on any atom is -0.483 e. The van der Waals surface area contributed by atoms with Crippen LogP contribution in [0, 0.1) is 23.0 Å². The molecule has 0 spiro atoms. The largest absolute Gasteiger partial charge is 0.483 e. The highest BCUT2D eigenvalue weighted by Gasteiger charge is 2.25. The highest BCUT2D eigenvalue weighted by molar-refractivity contribution is 5.51. The molecular formula is C14H19NO4. The number of nitro benzene ring substituents is 1. The molecule has 1 aromatic carbocycles. The molecule has 0 saturated heterocycles. The summed E-state index contributed by atoms with van der Waals surface area (Å²) in [6.07, 6.45) is 3.54. The van der Waals surface area contributed by atoms with E-state index in [0.717, 1.165) is 31.2 Å². The van der Waals surface area contributed by atoms with Gasteiger partial charge in [0.15, 0.2) is 5.75 Å². The van der Waals surface area contributed by atoms with Crippen LogP contribution in [0.15, 0.2) is 18.2 Å². The zero-order valence-electron chi connectivity index (χ0n) is 11.0. The molecule has 19 heavy (non-hydrogen) atoms. The van der Waals surface area contributed by atoms with Gasteiger partial charge in [0.1, 0.15) is 0 Å². The molecule has 0 heterocycles. The van der Waals surface area contributed by atoms with E-state index < -0.39 is 4.92 Å². The van der Waals surface area contributed by atoms with Gasteiger partial charge in [-0.15, -0.1) is 0 Å². The van der Waals surface area contributed by atoms with E-state index in [2.05, 4.69) is 0 Å². The first kappa shape index (κ1) is 13.8. The molecule has 1 aliphatic carbocycles. The van der Waals surface area contributed by atoms with Crippen molar-refractivity contribution < 1.29 is 14.8 Å². The van der Waals surface area contributed by atoms with Crippen molar-refractivity contribution in [3.63, 3.8) is 0 Å². The van der Waals surface area contributed by atoms with Crippen LogP contribution in [-0.4, -0.2) is 22.7 Å². The summed E-state index contributed by atoms with van der Waals surface area (Å²) >= 11 is 0. The second-order valence-corrected chi connectivity index (χ2v) is 5.12. The predicted molar refractivity (Wildman–Crippen MR) is 71.3 cm³/mol. The highest BCUT2D eigenvalue weighted by atomic mass is 16.6. The van der Waals surface area contributed by atoms with Crippen molar-refractivity contribution in [3.8, 4) is 5.75 Å². The Morgan fingerprint density at radius 1 is 1.37 bits per heavy atom. The van der Waals surface area contributed by atoms with Crippen LogP contribution in [0.1, 0.15) is 31.2 Å². The van der Waals surface area contributed by atoms with Crippen LogP contribution >= 0.6 is 0 Å². The molecule has 0 aromatic heterocycles. The van der Waals surface area contributed by atoms with Gasteiger partial charge in [-0.1, -0.05) is 12.1 Å². The maximum Gasteiger partial charge on any atom is 0.311 e. The summed E-state index contributed by atoms with van der Waals surface area (Å²) in [6, 6.07) is 4.96. The maximum absolute atomic E-state index is 11.0. The summed E-state index contributed by atoms with van der Waals surface area (Å²) < 4.78 is 5.85. The predicted octanol–water partition coefficient (Wildman–Crippen LogP) is 2.83. The molecule has 5 nitrogen and oxygen atoms in total. The Hall–Kier alpha value is -1.62. The van der Waals surface area contributed by atoms with E-state index >= 15 is 0 Å². The Kier molecular flexibility index (Phi) is 4.37. The zero-order valence-corrected chi connectivity index (χ0v) is 11.0. The van der Waals surface area contributed by atoms with Crippen molar-refractivity contribution in [2.75, 3.05) is 6.61 Å². The molecule has 0 radical (unpaired) electrons. The molecule has 0 aliphatic heterocycles. The van der Waals surface area contributed by atoms with Gasteiger partial charge in [0.25, 0.3) is 0 Å². The van der Waals surface area contributed by atoms with E-state index in [0.29, 0.717) is 11.7 Å². The number of aliphatic hydroxyl groups excluding tert-OH is 1. The number of para-hydroxylation sites is 1. The van der Waals surface area contributed by atoms with Gasteiger partial charge in [0, 0.05) is 12.7 Å². The lowest BCUT2D eigenvalue weighted by molar-refractivity contribution is -0.386. The van der Waals surface area contributed by atoms with E-state index in [4.69, 9.17) is 9.84 Å². The topological polar surface area (TPSA) is 72.6 Å². The number of aliphatic hydroxyl groups is 1. The fourth-order valence-electron chi connectivity index (χ4n) is 2.53. The SMILES string of the molecule is Cc1cccc([N+](=O)[O-])c1OC1CCC(CO)CC1. The van der Waals surface area contributed by atoms with Crippen molar-refractivity contribution in [1.29, 1.82) is 0 Å². The Balaban J connectivity index is 2.09. The van der Waals surface area contributed by atoms with Crippen LogP contribution in [-0.2, 0) is 0 Å². The molecule has 1 aliphatic rings. The lowest BCUT2D eigenvalue weighted by atomic mass is 9.88. The molecular weight excluding hydrogens is 246 g/mol. The Bertz CT molecular complexity index is 453. The summed E-state index contributed by atoms with van der Waals surface area (Å²) in [5.74, 6) is 0.742. The van der Waals surface area contributed by atoms with Gasteiger partial charge in [-0.25, -0.2) is 0 Å². The summed E-state index contributed by atoms with van der Waals surface area (Å²) in [5, 5.41) is 20.1. The van der Waals surface area contributed by atoms with Crippen LogP contribution in [0.25, 0.3) is 0 Å². The average molecular weight is 265 g/mol.